The van der Waals surface area contributed by atoms with Gasteiger partial charge in [-0.1, -0.05) is 13.8 Å². The standard InChI is InChI=1S/C12H17F2N/c1-8(2)10(7-15)3-9-4-11(13)6-12(14)5-9/h4-6,8,10H,3,7,15H2,1-2H3. The van der Waals surface area contributed by atoms with Crippen LogP contribution in [0.1, 0.15) is 19.4 Å². The molecule has 0 bridgehead atoms. The molecule has 0 saturated heterocycles. The largest absolute Gasteiger partial charge is 0.330 e. The zero-order chi connectivity index (χ0) is 11.4. The molecular formula is C12H17F2N. The molecule has 3 heteroatoms. The Morgan fingerprint density at radius 2 is 1.67 bits per heavy atom. The van der Waals surface area contributed by atoms with Crippen molar-refractivity contribution in [2.45, 2.75) is 20.3 Å². The van der Waals surface area contributed by atoms with Crippen LogP contribution in [-0.4, -0.2) is 6.54 Å². The predicted octanol–water partition coefficient (Wildman–Crippen LogP) is 2.74. The topological polar surface area (TPSA) is 26.0 Å². The van der Waals surface area contributed by atoms with Crippen LogP contribution in [0.5, 0.6) is 0 Å². The van der Waals surface area contributed by atoms with Crippen molar-refractivity contribution in [1.29, 1.82) is 0 Å². The summed E-state index contributed by atoms with van der Waals surface area (Å²) >= 11 is 0. The maximum Gasteiger partial charge on any atom is 0.126 e. The Labute approximate surface area is 89.3 Å². The van der Waals surface area contributed by atoms with Crippen LogP contribution in [0.15, 0.2) is 18.2 Å². The molecule has 0 amide bonds. The molecule has 1 atom stereocenters. The number of nitrogens with two attached hydrogens (primary N) is 1. The summed E-state index contributed by atoms with van der Waals surface area (Å²) in [5.41, 5.74) is 6.29. The van der Waals surface area contributed by atoms with E-state index in [-0.39, 0.29) is 5.92 Å². The van der Waals surface area contributed by atoms with E-state index in [1.807, 2.05) is 0 Å². The van der Waals surface area contributed by atoms with Gasteiger partial charge in [-0.25, -0.2) is 8.78 Å². The number of hydrogen-bond acceptors (Lipinski definition) is 1. The van der Waals surface area contributed by atoms with Crippen LogP contribution in [0.25, 0.3) is 0 Å². The van der Waals surface area contributed by atoms with E-state index in [1.54, 1.807) is 0 Å². The van der Waals surface area contributed by atoms with Crippen LogP contribution in [0, 0.1) is 23.5 Å². The molecule has 1 nitrogen and oxygen atoms in total. The van der Waals surface area contributed by atoms with Crippen LogP contribution >= 0.6 is 0 Å². The van der Waals surface area contributed by atoms with E-state index in [9.17, 15) is 8.78 Å². The average Bonchev–Trinajstić information content (AvgIpc) is 2.12. The van der Waals surface area contributed by atoms with Gasteiger partial charge in [0.2, 0.25) is 0 Å². The van der Waals surface area contributed by atoms with Crippen molar-refractivity contribution in [1.82, 2.24) is 0 Å². The first-order valence-corrected chi connectivity index (χ1v) is 5.18. The van der Waals surface area contributed by atoms with Gasteiger partial charge < -0.3 is 5.73 Å². The first-order valence-electron chi connectivity index (χ1n) is 5.18. The molecule has 1 unspecified atom stereocenters. The average molecular weight is 213 g/mol. The van der Waals surface area contributed by atoms with Crippen molar-refractivity contribution in [3.05, 3.63) is 35.4 Å². The van der Waals surface area contributed by atoms with Gasteiger partial charge in [0.25, 0.3) is 0 Å². The maximum atomic E-state index is 12.9. The van der Waals surface area contributed by atoms with Crippen molar-refractivity contribution in [3.63, 3.8) is 0 Å². The molecular weight excluding hydrogens is 196 g/mol. The van der Waals surface area contributed by atoms with Gasteiger partial charge in [0, 0.05) is 6.07 Å². The molecule has 0 heterocycles. The summed E-state index contributed by atoms with van der Waals surface area (Å²) < 4.78 is 25.8. The second-order valence-corrected chi connectivity index (χ2v) is 4.22. The van der Waals surface area contributed by atoms with E-state index in [2.05, 4.69) is 13.8 Å². The minimum atomic E-state index is -0.524. The zero-order valence-electron chi connectivity index (χ0n) is 9.13. The molecule has 0 aromatic heterocycles. The predicted molar refractivity (Wildman–Crippen MR) is 57.4 cm³/mol. The lowest BCUT2D eigenvalue weighted by atomic mass is 9.89. The molecule has 0 aliphatic heterocycles. The monoisotopic (exact) mass is 213 g/mol. The van der Waals surface area contributed by atoms with Gasteiger partial charge in [-0.05, 0) is 42.5 Å². The van der Waals surface area contributed by atoms with Crippen LogP contribution < -0.4 is 5.73 Å². The number of benzene rings is 1. The minimum absolute atomic E-state index is 0.270. The van der Waals surface area contributed by atoms with Crippen molar-refractivity contribution in [3.8, 4) is 0 Å². The Bertz CT molecular complexity index is 303. The summed E-state index contributed by atoms with van der Waals surface area (Å²) in [4.78, 5) is 0. The highest BCUT2D eigenvalue weighted by atomic mass is 19.1. The molecule has 0 fully saturated rings. The highest BCUT2D eigenvalue weighted by Gasteiger charge is 2.13. The van der Waals surface area contributed by atoms with Crippen molar-refractivity contribution in [2.75, 3.05) is 6.54 Å². The summed E-state index contributed by atoms with van der Waals surface area (Å²) in [7, 11) is 0. The van der Waals surface area contributed by atoms with E-state index in [0.717, 1.165) is 6.07 Å². The van der Waals surface area contributed by atoms with Crippen molar-refractivity contribution in [2.24, 2.45) is 17.6 Å². The second kappa shape index (κ2) is 5.21. The number of hydrogen-bond donors (Lipinski definition) is 1. The summed E-state index contributed by atoms with van der Waals surface area (Å²) in [6.45, 7) is 4.66. The summed E-state index contributed by atoms with van der Waals surface area (Å²) in [6.07, 6.45) is 0.628. The molecule has 1 rings (SSSR count). The highest BCUT2D eigenvalue weighted by Crippen LogP contribution is 2.17. The third kappa shape index (κ3) is 3.59. The lowest BCUT2D eigenvalue weighted by molar-refractivity contribution is 0.390. The SMILES string of the molecule is CC(C)C(CN)Cc1cc(F)cc(F)c1. The van der Waals surface area contributed by atoms with Gasteiger partial charge in [-0.3, -0.25) is 0 Å². The normalized spacial score (nSPS) is 13.2. The first-order chi connectivity index (χ1) is 7.02. The third-order valence-corrected chi connectivity index (χ3v) is 2.67. The molecule has 1 aromatic carbocycles. The Kier molecular flexibility index (Phi) is 4.21. The highest BCUT2D eigenvalue weighted by molar-refractivity contribution is 5.18. The first kappa shape index (κ1) is 12.1. The molecule has 15 heavy (non-hydrogen) atoms. The third-order valence-electron chi connectivity index (χ3n) is 2.67. The zero-order valence-corrected chi connectivity index (χ0v) is 9.13. The molecule has 0 radical (unpaired) electrons. The van der Waals surface area contributed by atoms with E-state index in [4.69, 9.17) is 5.73 Å². The van der Waals surface area contributed by atoms with Gasteiger partial charge in [-0.2, -0.15) is 0 Å². The Hall–Kier alpha value is -0.960. The van der Waals surface area contributed by atoms with Gasteiger partial charge in [0.15, 0.2) is 0 Å². The molecule has 2 N–H and O–H groups in total. The van der Waals surface area contributed by atoms with Gasteiger partial charge in [-0.15, -0.1) is 0 Å². The minimum Gasteiger partial charge on any atom is -0.330 e. The van der Waals surface area contributed by atoms with E-state index < -0.39 is 11.6 Å². The Morgan fingerprint density at radius 3 is 2.07 bits per heavy atom. The quantitative estimate of drug-likeness (QED) is 0.817. The number of halogens is 2. The van der Waals surface area contributed by atoms with Gasteiger partial charge in [0.05, 0.1) is 0 Å². The molecule has 0 saturated carbocycles. The van der Waals surface area contributed by atoms with Crippen LogP contribution in [0.4, 0.5) is 8.78 Å². The Morgan fingerprint density at radius 1 is 1.13 bits per heavy atom. The van der Waals surface area contributed by atoms with E-state index >= 15 is 0 Å². The molecule has 84 valence electrons. The van der Waals surface area contributed by atoms with Crippen LogP contribution in [0.2, 0.25) is 0 Å². The van der Waals surface area contributed by atoms with Crippen molar-refractivity contribution < 1.29 is 8.78 Å². The lowest BCUT2D eigenvalue weighted by Crippen LogP contribution is -2.22. The lowest BCUT2D eigenvalue weighted by Gasteiger charge is -2.18. The van der Waals surface area contributed by atoms with E-state index in [1.165, 1.54) is 12.1 Å². The molecule has 1 aromatic rings. The fourth-order valence-electron chi connectivity index (χ4n) is 1.62. The summed E-state index contributed by atoms with van der Waals surface area (Å²) in [5, 5.41) is 0. The molecule has 0 aliphatic carbocycles. The molecule has 0 aliphatic rings. The fourth-order valence-corrected chi connectivity index (χ4v) is 1.62. The van der Waals surface area contributed by atoms with E-state index in [0.29, 0.717) is 24.4 Å². The fraction of sp³-hybridized carbons (Fsp3) is 0.500. The Balaban J connectivity index is 2.79. The maximum absolute atomic E-state index is 12.9. The smallest absolute Gasteiger partial charge is 0.126 e. The van der Waals surface area contributed by atoms with Crippen LogP contribution in [0.3, 0.4) is 0 Å². The van der Waals surface area contributed by atoms with Gasteiger partial charge in [0.1, 0.15) is 11.6 Å². The summed E-state index contributed by atoms with van der Waals surface area (Å²) in [6, 6.07) is 3.62. The number of rotatable bonds is 4. The second-order valence-electron chi connectivity index (χ2n) is 4.22. The van der Waals surface area contributed by atoms with Crippen LogP contribution in [-0.2, 0) is 6.42 Å². The molecule has 0 spiro atoms. The van der Waals surface area contributed by atoms with Crippen molar-refractivity contribution >= 4 is 0 Å². The van der Waals surface area contributed by atoms with Gasteiger partial charge >= 0.3 is 0 Å². The summed E-state index contributed by atoms with van der Waals surface area (Å²) in [5.74, 6) is -0.360.